The SMILES string of the molecule is CCC1=CC(CC)/C(C(=O)N2CCNCC2)=C\C(CC(C)C)=C(\NC(=O)N(C)CC(C)C)C1. The lowest BCUT2D eigenvalue weighted by molar-refractivity contribution is -0.128. The molecule has 0 radical (unpaired) electrons. The Hall–Kier alpha value is -2.08. The molecule has 33 heavy (non-hydrogen) atoms. The van der Waals surface area contributed by atoms with Crippen LogP contribution in [0.1, 0.15) is 67.2 Å². The number of nitrogens with zero attached hydrogens (tertiary/aromatic N) is 2. The van der Waals surface area contributed by atoms with Gasteiger partial charge in [-0.25, -0.2) is 4.79 Å². The second kappa shape index (κ2) is 13.0. The van der Waals surface area contributed by atoms with Crippen molar-refractivity contribution in [3.8, 4) is 0 Å². The highest BCUT2D eigenvalue weighted by atomic mass is 16.2. The van der Waals surface area contributed by atoms with Crippen molar-refractivity contribution in [1.82, 2.24) is 20.4 Å². The molecular weight excluding hydrogens is 412 g/mol. The molecule has 3 amide bonds. The van der Waals surface area contributed by atoms with Crippen molar-refractivity contribution in [2.45, 2.75) is 67.2 Å². The number of rotatable bonds is 8. The molecule has 2 N–H and O–H groups in total. The maximum absolute atomic E-state index is 13.7. The van der Waals surface area contributed by atoms with Gasteiger partial charge in [0, 0.05) is 63.4 Å². The van der Waals surface area contributed by atoms with E-state index < -0.39 is 0 Å². The molecule has 0 aromatic carbocycles. The predicted octanol–water partition coefficient (Wildman–Crippen LogP) is 4.71. The predicted molar refractivity (Wildman–Crippen MR) is 137 cm³/mol. The number of nitrogens with one attached hydrogen (secondary N) is 2. The van der Waals surface area contributed by atoms with E-state index in [4.69, 9.17) is 0 Å². The van der Waals surface area contributed by atoms with Crippen LogP contribution in [0.25, 0.3) is 0 Å². The van der Waals surface area contributed by atoms with Crippen molar-refractivity contribution in [3.63, 3.8) is 0 Å². The fourth-order valence-corrected chi connectivity index (χ4v) is 4.61. The van der Waals surface area contributed by atoms with Gasteiger partial charge >= 0.3 is 6.03 Å². The van der Waals surface area contributed by atoms with Gasteiger partial charge in [0.25, 0.3) is 0 Å². The Morgan fingerprint density at radius 1 is 1.15 bits per heavy atom. The van der Waals surface area contributed by atoms with Crippen LogP contribution >= 0.6 is 0 Å². The van der Waals surface area contributed by atoms with E-state index in [-0.39, 0.29) is 17.9 Å². The average molecular weight is 459 g/mol. The largest absolute Gasteiger partial charge is 0.336 e. The Balaban J connectivity index is 2.53. The van der Waals surface area contributed by atoms with Crippen LogP contribution in [-0.4, -0.2) is 61.5 Å². The van der Waals surface area contributed by atoms with Gasteiger partial charge in [-0.2, -0.15) is 0 Å². The molecule has 1 aliphatic carbocycles. The van der Waals surface area contributed by atoms with Crippen LogP contribution in [0.4, 0.5) is 4.79 Å². The maximum Gasteiger partial charge on any atom is 0.321 e. The third kappa shape index (κ3) is 8.02. The molecule has 2 rings (SSSR count). The smallest absolute Gasteiger partial charge is 0.321 e. The molecule has 1 fully saturated rings. The Kier molecular flexibility index (Phi) is 10.7. The standard InChI is InChI=1S/C27H46N4O2/c1-8-21-15-22(9-2)24(26(32)31-12-10-28-11-13-31)17-23(14-19(3)4)25(16-21)29-27(33)30(7)18-20(5)6/h15,17,19-20,22,28H,8-14,16,18H2,1-7H3,(H,29,33)/b21-15?,24-17+,25-23+. The van der Waals surface area contributed by atoms with E-state index in [0.717, 1.165) is 68.7 Å². The van der Waals surface area contributed by atoms with Crippen LogP contribution < -0.4 is 10.6 Å². The second-order valence-electron chi connectivity index (χ2n) is 10.3. The highest BCUT2D eigenvalue weighted by Gasteiger charge is 2.27. The minimum Gasteiger partial charge on any atom is -0.336 e. The molecular formula is C27H46N4O2. The zero-order valence-corrected chi connectivity index (χ0v) is 22.0. The van der Waals surface area contributed by atoms with Gasteiger partial charge in [0.15, 0.2) is 0 Å². The minimum absolute atomic E-state index is 0.0774. The van der Waals surface area contributed by atoms with Gasteiger partial charge in [-0.15, -0.1) is 0 Å². The number of piperazine rings is 1. The summed E-state index contributed by atoms with van der Waals surface area (Å²) in [7, 11) is 1.85. The first-order chi connectivity index (χ1) is 15.7. The van der Waals surface area contributed by atoms with Gasteiger partial charge in [-0.05, 0) is 42.7 Å². The third-order valence-electron chi connectivity index (χ3n) is 6.37. The van der Waals surface area contributed by atoms with Crippen molar-refractivity contribution >= 4 is 11.9 Å². The Bertz CT molecular complexity index is 773. The Labute approximate surface area is 201 Å². The summed E-state index contributed by atoms with van der Waals surface area (Å²) in [4.78, 5) is 30.4. The summed E-state index contributed by atoms with van der Waals surface area (Å²) in [6.07, 6.45) is 7.74. The normalized spacial score (nSPS) is 23.5. The van der Waals surface area contributed by atoms with E-state index in [2.05, 4.69) is 64.3 Å². The van der Waals surface area contributed by atoms with Crippen LogP contribution in [0.5, 0.6) is 0 Å². The lowest BCUT2D eigenvalue weighted by Gasteiger charge is -2.31. The summed E-state index contributed by atoms with van der Waals surface area (Å²) in [5, 5.41) is 6.57. The topological polar surface area (TPSA) is 64.7 Å². The summed E-state index contributed by atoms with van der Waals surface area (Å²) < 4.78 is 0. The Morgan fingerprint density at radius 2 is 1.82 bits per heavy atom. The summed E-state index contributed by atoms with van der Waals surface area (Å²) in [5.74, 6) is 1.06. The summed E-state index contributed by atoms with van der Waals surface area (Å²) in [6, 6.07) is -0.0774. The van der Waals surface area contributed by atoms with Crippen LogP contribution in [0.2, 0.25) is 0 Å². The molecule has 1 unspecified atom stereocenters. The molecule has 1 aliphatic heterocycles. The molecule has 2 aliphatic rings. The monoisotopic (exact) mass is 458 g/mol. The van der Waals surface area contributed by atoms with E-state index in [1.54, 1.807) is 4.90 Å². The van der Waals surface area contributed by atoms with Crippen LogP contribution in [-0.2, 0) is 4.79 Å². The molecule has 6 heteroatoms. The number of amides is 3. The maximum atomic E-state index is 13.7. The van der Waals surface area contributed by atoms with Crippen LogP contribution in [0, 0.1) is 17.8 Å². The first-order valence-electron chi connectivity index (χ1n) is 12.8. The van der Waals surface area contributed by atoms with Gasteiger partial charge in [0.2, 0.25) is 5.91 Å². The lowest BCUT2D eigenvalue weighted by Crippen LogP contribution is -2.47. The highest BCUT2D eigenvalue weighted by molar-refractivity contribution is 5.95. The Morgan fingerprint density at radius 3 is 2.36 bits per heavy atom. The van der Waals surface area contributed by atoms with Gasteiger partial charge < -0.3 is 20.4 Å². The second-order valence-corrected chi connectivity index (χ2v) is 10.3. The number of hydrogen-bond acceptors (Lipinski definition) is 3. The quantitative estimate of drug-likeness (QED) is 0.518. The first kappa shape index (κ1) is 27.2. The number of urea groups is 1. The van der Waals surface area contributed by atoms with E-state index >= 15 is 0 Å². The van der Waals surface area contributed by atoms with Crippen molar-refractivity contribution < 1.29 is 9.59 Å². The number of hydrogen-bond donors (Lipinski definition) is 2. The van der Waals surface area contributed by atoms with E-state index in [0.29, 0.717) is 18.4 Å². The third-order valence-corrected chi connectivity index (χ3v) is 6.37. The fourth-order valence-electron chi connectivity index (χ4n) is 4.61. The van der Waals surface area contributed by atoms with Crippen molar-refractivity contribution in [2.75, 3.05) is 39.8 Å². The van der Waals surface area contributed by atoms with Gasteiger partial charge in [-0.3, -0.25) is 4.79 Å². The summed E-state index contributed by atoms with van der Waals surface area (Å²) in [5.41, 5.74) is 4.18. The fraction of sp³-hybridized carbons (Fsp3) is 0.704. The summed E-state index contributed by atoms with van der Waals surface area (Å²) >= 11 is 0. The molecule has 0 aromatic heterocycles. The summed E-state index contributed by atoms with van der Waals surface area (Å²) in [6.45, 7) is 16.8. The average Bonchev–Trinajstić information content (AvgIpc) is 2.77. The molecule has 0 saturated carbocycles. The van der Waals surface area contributed by atoms with Gasteiger partial charge in [0.1, 0.15) is 0 Å². The minimum atomic E-state index is -0.0774. The number of carbonyl (C=O) groups is 2. The van der Waals surface area contributed by atoms with Crippen molar-refractivity contribution in [1.29, 1.82) is 0 Å². The van der Waals surface area contributed by atoms with E-state index in [9.17, 15) is 9.59 Å². The van der Waals surface area contributed by atoms with Crippen molar-refractivity contribution in [2.24, 2.45) is 17.8 Å². The lowest BCUT2D eigenvalue weighted by atomic mass is 9.84. The molecule has 6 nitrogen and oxygen atoms in total. The van der Waals surface area contributed by atoms with Gasteiger partial charge in [0.05, 0.1) is 0 Å². The van der Waals surface area contributed by atoms with Crippen LogP contribution in [0.15, 0.2) is 34.6 Å². The van der Waals surface area contributed by atoms with Crippen LogP contribution in [0.3, 0.4) is 0 Å². The molecule has 1 atom stereocenters. The van der Waals surface area contributed by atoms with Gasteiger partial charge in [-0.1, -0.05) is 53.2 Å². The first-order valence-corrected chi connectivity index (χ1v) is 12.8. The molecule has 0 aromatic rings. The zero-order valence-electron chi connectivity index (χ0n) is 22.0. The molecule has 1 heterocycles. The van der Waals surface area contributed by atoms with E-state index in [1.807, 2.05) is 11.9 Å². The molecule has 0 bridgehead atoms. The number of carbonyl (C=O) groups excluding carboxylic acids is 2. The number of allylic oxidation sites excluding steroid dienone is 4. The van der Waals surface area contributed by atoms with Crippen molar-refractivity contribution in [3.05, 3.63) is 34.6 Å². The molecule has 0 spiro atoms. The highest BCUT2D eigenvalue weighted by Crippen LogP contribution is 2.32. The zero-order chi connectivity index (χ0) is 24.5. The molecule has 1 saturated heterocycles. The molecule has 186 valence electrons. The van der Waals surface area contributed by atoms with E-state index in [1.165, 1.54) is 5.57 Å².